The molecule has 132 valence electrons. The summed E-state index contributed by atoms with van der Waals surface area (Å²) in [5.74, 6) is -0.170. The minimum atomic E-state index is -0.812. The fourth-order valence-electron chi connectivity index (χ4n) is 2.37. The van der Waals surface area contributed by atoms with Gasteiger partial charge < -0.3 is 19.1 Å². The zero-order valence-electron chi connectivity index (χ0n) is 14.5. The molecule has 2 aromatic carbocycles. The van der Waals surface area contributed by atoms with Crippen LogP contribution in [0.2, 0.25) is 0 Å². The van der Waals surface area contributed by atoms with Crippen molar-refractivity contribution in [3.63, 3.8) is 0 Å². The highest BCUT2D eigenvalue weighted by Gasteiger charge is 2.18. The molecule has 0 aromatic heterocycles. The van der Waals surface area contributed by atoms with Crippen molar-refractivity contribution in [2.75, 3.05) is 18.6 Å². The van der Waals surface area contributed by atoms with Crippen LogP contribution in [0.4, 0.5) is 10.5 Å². The molecule has 0 saturated heterocycles. The number of esters is 1. The molecule has 0 saturated carbocycles. The number of hydrogen-bond acceptors (Lipinski definition) is 6. The molecule has 1 unspecified atom stereocenters. The first-order valence-corrected chi connectivity index (χ1v) is 7.93. The molecule has 0 radical (unpaired) electrons. The van der Waals surface area contributed by atoms with Gasteiger partial charge in [0.15, 0.2) is 6.23 Å². The molecule has 0 bridgehead atoms. The van der Waals surface area contributed by atoms with Gasteiger partial charge in [-0.2, -0.15) is 0 Å². The van der Waals surface area contributed by atoms with E-state index in [1.165, 1.54) is 31.4 Å². The zero-order valence-corrected chi connectivity index (χ0v) is 14.5. The summed E-state index contributed by atoms with van der Waals surface area (Å²) in [6.45, 7) is 4.42. The Bertz CT molecular complexity index is 700. The zero-order chi connectivity index (χ0) is 18.2. The van der Waals surface area contributed by atoms with Gasteiger partial charge in [0.2, 0.25) is 0 Å². The minimum Gasteiger partial charge on any atom is -0.465 e. The third kappa shape index (κ3) is 4.97. The molecular weight excluding hydrogens is 322 g/mol. The van der Waals surface area contributed by atoms with Gasteiger partial charge in [0.05, 0.1) is 12.7 Å². The average molecular weight is 343 g/mol. The summed E-state index contributed by atoms with van der Waals surface area (Å²) in [6, 6.07) is 15.7. The van der Waals surface area contributed by atoms with Gasteiger partial charge in [0, 0.05) is 12.2 Å². The third-order valence-electron chi connectivity index (χ3n) is 3.61. The second-order valence-electron chi connectivity index (χ2n) is 5.21. The van der Waals surface area contributed by atoms with Gasteiger partial charge in [-0.25, -0.2) is 9.59 Å². The van der Waals surface area contributed by atoms with E-state index < -0.39 is 18.4 Å². The monoisotopic (exact) mass is 343 g/mol. The molecule has 25 heavy (non-hydrogen) atoms. The molecule has 6 heteroatoms. The number of benzene rings is 2. The SMILES string of the molecule is CCN(c1ccccc1)C(C)OC(=O)Oc1ccc(C(=O)OC)cc1. The Morgan fingerprint density at radius 1 is 1.04 bits per heavy atom. The molecule has 2 rings (SSSR count). The Morgan fingerprint density at radius 2 is 1.68 bits per heavy atom. The van der Waals surface area contributed by atoms with E-state index in [9.17, 15) is 9.59 Å². The molecule has 0 amide bonds. The first-order valence-electron chi connectivity index (χ1n) is 7.93. The van der Waals surface area contributed by atoms with Crippen LogP contribution >= 0.6 is 0 Å². The molecule has 1 atom stereocenters. The van der Waals surface area contributed by atoms with Crippen molar-refractivity contribution in [2.45, 2.75) is 20.1 Å². The summed E-state index contributed by atoms with van der Waals surface area (Å²) in [6.07, 6.45) is -1.30. The van der Waals surface area contributed by atoms with Crippen LogP contribution in [0, 0.1) is 0 Å². The summed E-state index contributed by atoms with van der Waals surface area (Å²) < 4.78 is 15.1. The number of para-hydroxylation sites is 1. The van der Waals surface area contributed by atoms with Crippen molar-refractivity contribution in [2.24, 2.45) is 0 Å². The number of rotatable bonds is 6. The van der Waals surface area contributed by atoms with Crippen LogP contribution in [0.3, 0.4) is 0 Å². The molecule has 6 nitrogen and oxygen atoms in total. The Labute approximate surface area is 146 Å². The average Bonchev–Trinajstić information content (AvgIpc) is 2.63. The molecule has 0 N–H and O–H groups in total. The fourth-order valence-corrected chi connectivity index (χ4v) is 2.37. The van der Waals surface area contributed by atoms with Crippen molar-refractivity contribution in [3.05, 3.63) is 60.2 Å². The Morgan fingerprint density at radius 3 is 2.24 bits per heavy atom. The predicted molar refractivity (Wildman–Crippen MR) is 93.8 cm³/mol. The van der Waals surface area contributed by atoms with Crippen LogP contribution in [0.1, 0.15) is 24.2 Å². The lowest BCUT2D eigenvalue weighted by Gasteiger charge is -2.29. The van der Waals surface area contributed by atoms with Gasteiger partial charge >= 0.3 is 12.1 Å². The Hall–Kier alpha value is -3.02. The number of hydrogen-bond donors (Lipinski definition) is 0. The van der Waals surface area contributed by atoms with E-state index in [1.807, 2.05) is 42.2 Å². The van der Waals surface area contributed by atoms with Crippen LogP contribution in [0.5, 0.6) is 5.75 Å². The summed E-state index contributed by atoms with van der Waals surface area (Å²) in [5, 5.41) is 0. The maximum atomic E-state index is 12.0. The number of methoxy groups -OCH3 is 1. The second kappa shape index (κ2) is 8.73. The highest BCUT2D eigenvalue weighted by atomic mass is 16.7. The quantitative estimate of drug-likeness (QED) is 0.451. The molecule has 0 fully saturated rings. The van der Waals surface area contributed by atoms with Gasteiger partial charge in [0.1, 0.15) is 5.75 Å². The van der Waals surface area contributed by atoms with Gasteiger partial charge in [-0.3, -0.25) is 0 Å². The summed E-state index contributed by atoms with van der Waals surface area (Å²) in [4.78, 5) is 25.3. The van der Waals surface area contributed by atoms with E-state index in [4.69, 9.17) is 9.47 Å². The highest BCUT2D eigenvalue weighted by molar-refractivity contribution is 5.89. The number of carbonyl (C=O) groups excluding carboxylic acids is 2. The van der Waals surface area contributed by atoms with E-state index in [-0.39, 0.29) is 5.75 Å². The molecule has 2 aromatic rings. The van der Waals surface area contributed by atoms with Crippen molar-refractivity contribution in [1.82, 2.24) is 0 Å². The molecule has 0 aliphatic rings. The Kier molecular flexibility index (Phi) is 6.39. The number of ether oxygens (including phenoxy) is 3. The van der Waals surface area contributed by atoms with Crippen molar-refractivity contribution < 1.29 is 23.8 Å². The molecule has 0 spiro atoms. The largest absolute Gasteiger partial charge is 0.515 e. The first kappa shape index (κ1) is 18.3. The van der Waals surface area contributed by atoms with Crippen LogP contribution < -0.4 is 9.64 Å². The van der Waals surface area contributed by atoms with Crippen LogP contribution in [0.15, 0.2) is 54.6 Å². The molecule has 0 aliphatic heterocycles. The fraction of sp³-hybridized carbons (Fsp3) is 0.263. The van der Waals surface area contributed by atoms with Gasteiger partial charge in [-0.1, -0.05) is 18.2 Å². The van der Waals surface area contributed by atoms with Crippen molar-refractivity contribution in [1.29, 1.82) is 0 Å². The highest BCUT2D eigenvalue weighted by Crippen LogP contribution is 2.18. The maximum absolute atomic E-state index is 12.0. The third-order valence-corrected chi connectivity index (χ3v) is 3.61. The van der Waals surface area contributed by atoms with Crippen molar-refractivity contribution in [3.8, 4) is 5.75 Å². The topological polar surface area (TPSA) is 65.1 Å². The van der Waals surface area contributed by atoms with Gasteiger partial charge in [-0.15, -0.1) is 0 Å². The summed E-state index contributed by atoms with van der Waals surface area (Å²) >= 11 is 0. The normalized spacial score (nSPS) is 11.3. The lowest BCUT2D eigenvalue weighted by Crippen LogP contribution is -2.37. The van der Waals surface area contributed by atoms with Gasteiger partial charge in [-0.05, 0) is 50.2 Å². The Balaban J connectivity index is 1.95. The van der Waals surface area contributed by atoms with E-state index in [2.05, 4.69) is 4.74 Å². The van der Waals surface area contributed by atoms with Crippen LogP contribution in [-0.4, -0.2) is 32.0 Å². The number of carbonyl (C=O) groups is 2. The predicted octanol–water partition coefficient (Wildman–Crippen LogP) is 3.86. The smallest absolute Gasteiger partial charge is 0.465 e. The number of nitrogens with zero attached hydrogens (tertiary/aromatic N) is 1. The van der Waals surface area contributed by atoms with Gasteiger partial charge in [0.25, 0.3) is 0 Å². The van der Waals surface area contributed by atoms with Crippen molar-refractivity contribution >= 4 is 17.8 Å². The summed E-state index contributed by atoms with van der Waals surface area (Å²) in [7, 11) is 1.30. The number of anilines is 1. The van der Waals surface area contributed by atoms with Crippen LogP contribution in [0.25, 0.3) is 0 Å². The molecular formula is C19H21NO5. The molecule has 0 aliphatic carbocycles. The van der Waals surface area contributed by atoms with E-state index in [0.717, 1.165) is 5.69 Å². The van der Waals surface area contributed by atoms with E-state index >= 15 is 0 Å². The summed E-state index contributed by atoms with van der Waals surface area (Å²) in [5.41, 5.74) is 1.32. The van der Waals surface area contributed by atoms with E-state index in [0.29, 0.717) is 12.1 Å². The first-order chi connectivity index (χ1) is 12.0. The maximum Gasteiger partial charge on any atom is 0.515 e. The second-order valence-corrected chi connectivity index (χ2v) is 5.21. The molecule has 0 heterocycles. The van der Waals surface area contributed by atoms with Crippen LogP contribution in [-0.2, 0) is 9.47 Å². The minimum absolute atomic E-state index is 0.285. The standard InChI is InChI=1S/C19H21NO5/c1-4-20(16-8-6-5-7-9-16)14(2)24-19(22)25-17-12-10-15(11-13-17)18(21)23-3/h5-14H,4H2,1-3H3. The lowest BCUT2D eigenvalue weighted by molar-refractivity contribution is 0.0600. The van der Waals surface area contributed by atoms with E-state index in [1.54, 1.807) is 6.92 Å². The lowest BCUT2D eigenvalue weighted by atomic mass is 10.2.